The second kappa shape index (κ2) is 17.5. The van der Waals surface area contributed by atoms with Crippen LogP contribution in [0, 0.1) is 5.41 Å². The number of imide groups is 2. The highest BCUT2D eigenvalue weighted by Crippen LogP contribution is 2.44. The highest BCUT2D eigenvalue weighted by atomic mass is 35.5. The summed E-state index contributed by atoms with van der Waals surface area (Å²) in [7, 11) is -3.52. The SMILES string of the molecule is C[C@@H](Oc1ccc2[nH]nc(-c3ccc(N4CC5(C4)CN(S(=O)(=O)C4CCN(C(=O)CCCNc6ccc7c(c6)C(=O)N(C6CCC(=O)NC6=O)C7=O)CC4)C5)nc3)c2c1)c1c(Cl)cncc1Cl. The number of anilines is 2. The Morgan fingerprint density at radius 3 is 2.39 bits per heavy atom. The number of likely N-dealkylation sites (tertiary alicyclic amines) is 1. The normalized spacial score (nSPS) is 20.2. The van der Waals surface area contributed by atoms with Gasteiger partial charge < -0.3 is 19.9 Å². The largest absolute Gasteiger partial charge is 0.486 e. The maximum Gasteiger partial charge on any atom is 0.262 e. The summed E-state index contributed by atoms with van der Waals surface area (Å²) in [6, 6.07) is 13.3. The molecule has 1 unspecified atom stereocenters. The number of nitrogens with one attached hydrogen (secondary N) is 3. The van der Waals surface area contributed by atoms with Crippen LogP contribution in [0.3, 0.4) is 0 Å². The molecule has 2 atom stereocenters. The summed E-state index contributed by atoms with van der Waals surface area (Å²) in [5, 5.41) is 14.2. The van der Waals surface area contributed by atoms with Crippen LogP contribution in [0.25, 0.3) is 22.2 Å². The molecule has 4 fully saturated rings. The van der Waals surface area contributed by atoms with Crippen LogP contribution < -0.4 is 20.3 Å². The summed E-state index contributed by atoms with van der Waals surface area (Å²) < 4.78 is 35.2. The van der Waals surface area contributed by atoms with Crippen LogP contribution in [0.15, 0.2) is 67.1 Å². The first-order valence-corrected chi connectivity index (χ1v) is 24.5. The van der Waals surface area contributed by atoms with E-state index in [1.54, 1.807) is 27.5 Å². The first-order valence-electron chi connectivity index (χ1n) is 22.2. The molecular formula is C46H46Cl2N10O8S. The van der Waals surface area contributed by atoms with E-state index in [4.69, 9.17) is 32.9 Å². The molecule has 5 aromatic rings. The zero-order valence-corrected chi connectivity index (χ0v) is 38.7. The number of hydrogen-bond acceptors (Lipinski definition) is 13. The van der Waals surface area contributed by atoms with E-state index < -0.39 is 51.0 Å². The minimum Gasteiger partial charge on any atom is -0.486 e. The van der Waals surface area contributed by atoms with Gasteiger partial charge in [-0.25, -0.2) is 17.7 Å². The standard InChI is InChI=1S/C46H46Cl2N10O8S/c1-26(41-34(47)20-49-21-35(41)48)66-29-6-8-36-33(18-29)42(54-53-36)27-4-10-38(51-19-27)56-22-46(23-56)24-57(25-46)67(64,65)30-12-15-55(16-13-30)40(60)3-2-14-50-28-5-7-31-32(17-28)45(63)58(44(31)62)37-9-11-39(59)52-43(37)61/h4-8,10,17-21,26,30,37,50H,2-3,9,11-16,22-25H2,1H3,(H,53,54)(H,52,59,61)/t26-,37?/m1/s1. The number of sulfonamides is 1. The third kappa shape index (κ3) is 8.35. The van der Waals surface area contributed by atoms with Crippen molar-refractivity contribution in [1.82, 2.24) is 39.6 Å². The Bertz CT molecular complexity index is 2930. The number of halogens is 2. The number of ether oxygens (including phenoxy) is 1. The number of nitrogens with zero attached hydrogens (tertiary/aromatic N) is 7. The first-order chi connectivity index (χ1) is 32.2. The van der Waals surface area contributed by atoms with Crippen LogP contribution in [-0.4, -0.2) is 129 Å². The highest BCUT2D eigenvalue weighted by Gasteiger charge is 2.56. The van der Waals surface area contributed by atoms with E-state index in [-0.39, 0.29) is 41.7 Å². The summed E-state index contributed by atoms with van der Waals surface area (Å²) in [4.78, 5) is 76.8. The van der Waals surface area contributed by atoms with Gasteiger partial charge in [-0.2, -0.15) is 5.10 Å². The average molecular weight is 970 g/mol. The Morgan fingerprint density at radius 2 is 1.67 bits per heavy atom. The minimum absolute atomic E-state index is 0.0412. The number of carbonyl (C=O) groups is 5. The second-order valence-corrected chi connectivity index (χ2v) is 21.0. The number of H-pyrrole nitrogens is 1. The Labute approximate surface area is 395 Å². The molecule has 3 aromatic heterocycles. The third-order valence-electron chi connectivity index (χ3n) is 13.5. The molecule has 0 radical (unpaired) electrons. The van der Waals surface area contributed by atoms with E-state index in [1.807, 2.05) is 37.3 Å². The first kappa shape index (κ1) is 44.7. The molecule has 18 nitrogen and oxygen atoms in total. The smallest absolute Gasteiger partial charge is 0.262 e. The molecule has 5 aliphatic rings. The average Bonchev–Trinajstić information content (AvgIpc) is 3.81. The number of aromatic amines is 1. The van der Waals surface area contributed by atoms with Gasteiger partial charge in [0, 0.05) is 105 Å². The van der Waals surface area contributed by atoms with Gasteiger partial charge in [0.1, 0.15) is 29.4 Å². The van der Waals surface area contributed by atoms with Crippen molar-refractivity contribution < 1.29 is 37.1 Å². The van der Waals surface area contributed by atoms with E-state index >= 15 is 0 Å². The van der Waals surface area contributed by atoms with Crippen LogP contribution in [0.4, 0.5) is 11.5 Å². The van der Waals surface area contributed by atoms with Gasteiger partial charge in [-0.15, -0.1) is 0 Å². The monoisotopic (exact) mass is 968 g/mol. The lowest BCUT2D eigenvalue weighted by atomic mass is 9.74. The summed E-state index contributed by atoms with van der Waals surface area (Å²) in [5.41, 5.74) is 3.89. The maximum atomic E-state index is 13.7. The summed E-state index contributed by atoms with van der Waals surface area (Å²) in [6.45, 7) is 5.37. The third-order valence-corrected chi connectivity index (χ3v) is 16.4. The minimum atomic E-state index is -3.52. The van der Waals surface area contributed by atoms with Crippen LogP contribution in [0.1, 0.15) is 77.8 Å². The lowest BCUT2D eigenvalue weighted by Crippen LogP contribution is -2.73. The number of fused-ring (bicyclic) bond motifs is 2. The zero-order valence-electron chi connectivity index (χ0n) is 36.3. The molecule has 8 heterocycles. The Balaban J connectivity index is 0.659. The van der Waals surface area contributed by atoms with Crippen molar-refractivity contribution in [2.45, 2.75) is 62.8 Å². The Kier molecular flexibility index (Phi) is 11.7. The lowest BCUT2D eigenvalue weighted by molar-refractivity contribution is -0.136. The molecule has 21 heteroatoms. The van der Waals surface area contributed by atoms with Crippen LogP contribution in [0.2, 0.25) is 10.0 Å². The molecule has 10 rings (SSSR count). The number of piperidine rings is 2. The number of benzene rings is 2. The van der Waals surface area contributed by atoms with E-state index in [2.05, 4.69) is 30.7 Å². The van der Waals surface area contributed by atoms with Crippen LogP contribution in [0.5, 0.6) is 5.75 Å². The van der Waals surface area contributed by atoms with Gasteiger partial charge in [-0.1, -0.05) is 23.2 Å². The van der Waals surface area contributed by atoms with Gasteiger partial charge in [-0.3, -0.25) is 44.3 Å². The number of amides is 5. The van der Waals surface area contributed by atoms with Gasteiger partial charge >= 0.3 is 0 Å². The fourth-order valence-electron chi connectivity index (χ4n) is 9.90. The van der Waals surface area contributed by atoms with Gasteiger partial charge in [-0.05, 0) is 81.1 Å². The van der Waals surface area contributed by atoms with Gasteiger partial charge in [0.2, 0.25) is 27.7 Å². The molecule has 348 valence electrons. The topological polar surface area (TPSA) is 220 Å². The predicted molar refractivity (Wildman–Crippen MR) is 248 cm³/mol. The van der Waals surface area contributed by atoms with Gasteiger partial charge in [0.05, 0.1) is 31.9 Å². The highest BCUT2D eigenvalue weighted by molar-refractivity contribution is 7.89. The molecule has 5 aliphatic heterocycles. The van der Waals surface area contributed by atoms with Crippen molar-refractivity contribution in [2.24, 2.45) is 5.41 Å². The molecule has 5 amide bonds. The number of rotatable bonds is 13. The fourth-order valence-corrected chi connectivity index (χ4v) is 12.7. The van der Waals surface area contributed by atoms with Crippen LogP contribution >= 0.6 is 23.2 Å². The van der Waals surface area contributed by atoms with Gasteiger partial charge in [0.15, 0.2) is 0 Å². The molecule has 0 aliphatic carbocycles. The number of carbonyl (C=O) groups excluding carboxylic acids is 5. The number of aromatic nitrogens is 4. The molecular weight excluding hydrogens is 924 g/mol. The fraction of sp³-hybridized carbons (Fsp3) is 0.391. The summed E-state index contributed by atoms with van der Waals surface area (Å²) in [5.74, 6) is -0.882. The molecule has 67 heavy (non-hydrogen) atoms. The molecule has 1 spiro atoms. The summed E-state index contributed by atoms with van der Waals surface area (Å²) in [6.07, 6.45) is 6.07. The van der Waals surface area contributed by atoms with E-state index in [9.17, 15) is 32.4 Å². The Hall–Kier alpha value is -6.15. The lowest BCUT2D eigenvalue weighted by Gasteiger charge is -2.60. The quantitative estimate of drug-likeness (QED) is 0.102. The van der Waals surface area contributed by atoms with Crippen molar-refractivity contribution in [3.63, 3.8) is 0 Å². The molecule has 2 aromatic carbocycles. The summed E-state index contributed by atoms with van der Waals surface area (Å²) >= 11 is 12.7. The van der Waals surface area contributed by atoms with Crippen molar-refractivity contribution in [3.8, 4) is 17.0 Å². The molecule has 0 saturated carbocycles. The van der Waals surface area contributed by atoms with Crippen LogP contribution in [-0.2, 0) is 24.4 Å². The maximum absolute atomic E-state index is 13.7. The van der Waals surface area contributed by atoms with E-state index in [0.717, 1.165) is 32.9 Å². The second-order valence-electron chi connectivity index (χ2n) is 17.9. The van der Waals surface area contributed by atoms with Crippen molar-refractivity contribution in [2.75, 3.05) is 56.0 Å². The van der Waals surface area contributed by atoms with Crippen molar-refractivity contribution in [3.05, 3.63) is 93.9 Å². The Morgan fingerprint density at radius 1 is 0.925 bits per heavy atom. The molecule has 4 saturated heterocycles. The predicted octanol–water partition coefficient (Wildman–Crippen LogP) is 5.20. The molecule has 0 bridgehead atoms. The number of pyridine rings is 2. The number of hydrogen-bond donors (Lipinski definition) is 3. The zero-order chi connectivity index (χ0) is 46.8. The van der Waals surface area contributed by atoms with Gasteiger partial charge in [0.25, 0.3) is 11.8 Å². The van der Waals surface area contributed by atoms with Crippen molar-refractivity contribution >= 4 is 85.2 Å². The molecule has 3 N–H and O–H groups in total. The van der Waals surface area contributed by atoms with E-state index in [0.29, 0.717) is 92.1 Å². The van der Waals surface area contributed by atoms with Crippen molar-refractivity contribution in [1.29, 1.82) is 0 Å². The van der Waals surface area contributed by atoms with E-state index in [1.165, 1.54) is 18.5 Å².